The topological polar surface area (TPSA) is 55.1 Å². The lowest BCUT2D eigenvalue weighted by Gasteiger charge is -2.12. The number of rotatable bonds is 6. The molecule has 1 N–H and O–H groups in total. The number of aliphatic hydroxyl groups is 1. The van der Waals surface area contributed by atoms with Gasteiger partial charge in [0, 0.05) is 18.9 Å². The molecule has 1 aromatic heterocycles. The molecule has 0 spiro atoms. The number of hydrogen-bond acceptors (Lipinski definition) is 4. The fourth-order valence-electron chi connectivity index (χ4n) is 2.41. The number of nitrogens with zero attached hydrogens (tertiary/aromatic N) is 2. The minimum absolute atomic E-state index is 0.0152. The number of hydrogen-bond donors (Lipinski definition) is 1. The number of fused-ring (bicyclic) bond motifs is 1. The van der Waals surface area contributed by atoms with Crippen LogP contribution in [0.15, 0.2) is 58.5 Å². The molecule has 1 heterocycles. The van der Waals surface area contributed by atoms with E-state index in [1.807, 2.05) is 18.2 Å². The SMILES string of the molecule is O=c1c2ccccc2nc(SCc2ccc(F)cc2)n1CCCO. The van der Waals surface area contributed by atoms with Gasteiger partial charge in [0.1, 0.15) is 5.82 Å². The fourth-order valence-corrected chi connectivity index (χ4v) is 3.39. The Morgan fingerprint density at radius 3 is 2.62 bits per heavy atom. The average molecular weight is 344 g/mol. The van der Waals surface area contributed by atoms with Gasteiger partial charge in [0.05, 0.1) is 10.9 Å². The van der Waals surface area contributed by atoms with Gasteiger partial charge in [-0.15, -0.1) is 0 Å². The van der Waals surface area contributed by atoms with E-state index in [0.29, 0.717) is 34.8 Å². The maximum Gasteiger partial charge on any atom is 0.262 e. The second-order valence-corrected chi connectivity index (χ2v) is 6.30. The van der Waals surface area contributed by atoms with E-state index in [-0.39, 0.29) is 18.0 Å². The van der Waals surface area contributed by atoms with E-state index in [4.69, 9.17) is 5.11 Å². The zero-order valence-electron chi connectivity index (χ0n) is 13.0. The Kier molecular flexibility index (Phi) is 5.27. The van der Waals surface area contributed by atoms with Crippen molar-refractivity contribution in [2.45, 2.75) is 23.9 Å². The van der Waals surface area contributed by atoms with Crippen molar-refractivity contribution in [3.8, 4) is 0 Å². The van der Waals surface area contributed by atoms with Gasteiger partial charge >= 0.3 is 0 Å². The van der Waals surface area contributed by atoms with Crippen LogP contribution in [0.4, 0.5) is 4.39 Å². The van der Waals surface area contributed by atoms with Gasteiger partial charge in [0.25, 0.3) is 5.56 Å². The molecule has 0 unspecified atom stereocenters. The number of para-hydroxylation sites is 1. The van der Waals surface area contributed by atoms with Gasteiger partial charge in [-0.25, -0.2) is 9.37 Å². The molecule has 4 nitrogen and oxygen atoms in total. The highest BCUT2D eigenvalue weighted by Crippen LogP contribution is 2.22. The lowest BCUT2D eigenvalue weighted by atomic mass is 10.2. The van der Waals surface area contributed by atoms with Crippen molar-refractivity contribution in [3.63, 3.8) is 0 Å². The molecule has 0 amide bonds. The van der Waals surface area contributed by atoms with Gasteiger partial charge in [-0.1, -0.05) is 36.0 Å². The molecule has 3 aromatic rings. The number of aliphatic hydroxyl groups excluding tert-OH is 1. The summed E-state index contributed by atoms with van der Waals surface area (Å²) >= 11 is 1.43. The normalized spacial score (nSPS) is 11.1. The number of thioether (sulfide) groups is 1. The molecule has 24 heavy (non-hydrogen) atoms. The van der Waals surface area contributed by atoms with Crippen LogP contribution in [0.2, 0.25) is 0 Å². The molecule has 2 aromatic carbocycles. The first kappa shape index (κ1) is 16.7. The molecule has 0 bridgehead atoms. The van der Waals surface area contributed by atoms with Crippen molar-refractivity contribution in [1.29, 1.82) is 0 Å². The molecule has 3 rings (SSSR count). The van der Waals surface area contributed by atoms with Crippen LogP contribution in [0.25, 0.3) is 10.9 Å². The monoisotopic (exact) mass is 344 g/mol. The van der Waals surface area contributed by atoms with Gasteiger partial charge in [-0.05, 0) is 36.2 Å². The molecule has 0 fully saturated rings. The molecular weight excluding hydrogens is 327 g/mol. The smallest absolute Gasteiger partial charge is 0.262 e. The van der Waals surface area contributed by atoms with Crippen LogP contribution in [0.5, 0.6) is 0 Å². The Morgan fingerprint density at radius 1 is 1.12 bits per heavy atom. The van der Waals surface area contributed by atoms with Crippen molar-refractivity contribution in [2.24, 2.45) is 0 Å². The summed E-state index contributed by atoms with van der Waals surface area (Å²) in [4.78, 5) is 17.3. The highest BCUT2D eigenvalue weighted by atomic mass is 32.2. The lowest BCUT2D eigenvalue weighted by molar-refractivity contribution is 0.276. The number of aromatic nitrogens is 2. The Bertz CT molecular complexity index is 894. The third-order valence-electron chi connectivity index (χ3n) is 3.65. The Morgan fingerprint density at radius 2 is 1.88 bits per heavy atom. The summed E-state index contributed by atoms with van der Waals surface area (Å²) in [6.07, 6.45) is 0.490. The first-order chi connectivity index (χ1) is 11.7. The maximum absolute atomic E-state index is 13.0. The zero-order chi connectivity index (χ0) is 16.9. The Balaban J connectivity index is 1.95. The minimum Gasteiger partial charge on any atom is -0.396 e. The summed E-state index contributed by atoms with van der Waals surface area (Å²) in [5.41, 5.74) is 1.51. The largest absolute Gasteiger partial charge is 0.396 e. The van der Waals surface area contributed by atoms with E-state index in [2.05, 4.69) is 4.98 Å². The van der Waals surface area contributed by atoms with Gasteiger partial charge in [-0.2, -0.15) is 0 Å². The zero-order valence-corrected chi connectivity index (χ0v) is 13.8. The van der Waals surface area contributed by atoms with E-state index < -0.39 is 0 Å². The summed E-state index contributed by atoms with van der Waals surface area (Å²) in [6, 6.07) is 13.5. The lowest BCUT2D eigenvalue weighted by Crippen LogP contribution is -2.24. The summed E-state index contributed by atoms with van der Waals surface area (Å²) in [5, 5.41) is 10.3. The maximum atomic E-state index is 13.0. The van der Waals surface area contributed by atoms with Gasteiger partial charge in [-0.3, -0.25) is 9.36 Å². The molecular formula is C18H17FN2O2S. The van der Waals surface area contributed by atoms with E-state index in [9.17, 15) is 9.18 Å². The van der Waals surface area contributed by atoms with Crippen LogP contribution < -0.4 is 5.56 Å². The summed E-state index contributed by atoms with van der Waals surface area (Å²) in [6.45, 7) is 0.431. The van der Waals surface area contributed by atoms with Crippen molar-refractivity contribution < 1.29 is 9.50 Å². The molecule has 0 atom stereocenters. The van der Waals surface area contributed by atoms with E-state index in [1.54, 1.807) is 22.8 Å². The van der Waals surface area contributed by atoms with E-state index >= 15 is 0 Å². The number of benzene rings is 2. The molecule has 0 aliphatic heterocycles. The molecule has 124 valence electrons. The summed E-state index contributed by atoms with van der Waals surface area (Å²) < 4.78 is 14.6. The molecule has 6 heteroatoms. The highest BCUT2D eigenvalue weighted by molar-refractivity contribution is 7.98. The van der Waals surface area contributed by atoms with Crippen molar-refractivity contribution in [2.75, 3.05) is 6.61 Å². The van der Waals surface area contributed by atoms with Crippen molar-refractivity contribution >= 4 is 22.7 Å². The Hall–Kier alpha value is -2.18. The van der Waals surface area contributed by atoms with Crippen LogP contribution in [0, 0.1) is 5.82 Å². The van der Waals surface area contributed by atoms with Crippen LogP contribution in [-0.2, 0) is 12.3 Å². The van der Waals surface area contributed by atoms with E-state index in [1.165, 1.54) is 23.9 Å². The molecule has 0 aliphatic rings. The standard InChI is InChI=1S/C18H17FN2O2S/c19-14-8-6-13(7-9-14)12-24-18-20-16-5-2-1-4-15(16)17(23)21(18)10-3-11-22/h1-2,4-9,22H,3,10-12H2. The molecule has 0 saturated heterocycles. The quantitative estimate of drug-likeness (QED) is 0.551. The second-order valence-electron chi connectivity index (χ2n) is 5.36. The predicted octanol–water partition coefficient (Wildman–Crippen LogP) is 3.21. The van der Waals surface area contributed by atoms with Crippen LogP contribution in [0.3, 0.4) is 0 Å². The third kappa shape index (κ3) is 3.66. The van der Waals surface area contributed by atoms with Gasteiger partial charge < -0.3 is 5.11 Å². The van der Waals surface area contributed by atoms with Crippen LogP contribution >= 0.6 is 11.8 Å². The highest BCUT2D eigenvalue weighted by Gasteiger charge is 2.11. The Labute approximate surface area is 143 Å². The van der Waals surface area contributed by atoms with Gasteiger partial charge in [0.2, 0.25) is 0 Å². The number of halogens is 1. The average Bonchev–Trinajstić information content (AvgIpc) is 2.61. The fraction of sp³-hybridized carbons (Fsp3) is 0.222. The molecule has 0 aliphatic carbocycles. The molecule has 0 saturated carbocycles. The minimum atomic E-state index is -0.271. The summed E-state index contributed by atoms with van der Waals surface area (Å²) in [5.74, 6) is 0.317. The second kappa shape index (κ2) is 7.59. The first-order valence-corrected chi connectivity index (χ1v) is 8.65. The van der Waals surface area contributed by atoms with Crippen molar-refractivity contribution in [3.05, 3.63) is 70.3 Å². The van der Waals surface area contributed by atoms with Crippen LogP contribution in [-0.4, -0.2) is 21.3 Å². The molecule has 0 radical (unpaired) electrons. The summed E-state index contributed by atoms with van der Waals surface area (Å²) in [7, 11) is 0. The predicted molar refractivity (Wildman–Crippen MR) is 93.7 cm³/mol. The van der Waals surface area contributed by atoms with E-state index in [0.717, 1.165) is 5.56 Å². The first-order valence-electron chi connectivity index (χ1n) is 7.67. The van der Waals surface area contributed by atoms with Crippen molar-refractivity contribution in [1.82, 2.24) is 9.55 Å². The van der Waals surface area contributed by atoms with Crippen LogP contribution in [0.1, 0.15) is 12.0 Å². The third-order valence-corrected chi connectivity index (χ3v) is 4.70. The van der Waals surface area contributed by atoms with Gasteiger partial charge in [0.15, 0.2) is 5.16 Å².